The maximum atomic E-state index is 12.3. The van der Waals surface area contributed by atoms with Crippen LogP contribution in [-0.4, -0.2) is 36.5 Å². The zero-order valence-corrected chi connectivity index (χ0v) is 10.3. The highest BCUT2D eigenvalue weighted by molar-refractivity contribution is 6.01. The number of anilines is 1. The lowest BCUT2D eigenvalue weighted by Crippen LogP contribution is -2.41. The molecule has 1 aromatic carbocycles. The minimum absolute atomic E-state index is 0.207. The summed E-state index contributed by atoms with van der Waals surface area (Å²) < 4.78 is 4.72. The van der Waals surface area contributed by atoms with Crippen LogP contribution in [0.1, 0.15) is 23.2 Å². The predicted octanol–water partition coefficient (Wildman–Crippen LogP) is 1.05. The molecule has 0 radical (unpaired) electrons. The number of methoxy groups -OCH3 is 1. The van der Waals surface area contributed by atoms with Crippen molar-refractivity contribution in [3.63, 3.8) is 0 Å². The zero-order chi connectivity index (χ0) is 13.1. The Bertz CT molecular complexity index is 473. The van der Waals surface area contributed by atoms with Crippen LogP contribution in [0, 0.1) is 0 Å². The van der Waals surface area contributed by atoms with Gasteiger partial charge in [-0.3, -0.25) is 4.79 Å². The largest absolute Gasteiger partial charge is 0.467 e. The molecular weight excluding hydrogens is 232 g/mol. The molecule has 0 aromatic heterocycles. The van der Waals surface area contributed by atoms with E-state index in [-0.39, 0.29) is 11.9 Å². The first-order valence-electron chi connectivity index (χ1n) is 5.88. The molecule has 1 amide bonds. The minimum Gasteiger partial charge on any atom is -0.467 e. The molecule has 0 unspecified atom stereocenters. The first kappa shape index (κ1) is 12.4. The molecule has 1 saturated heterocycles. The third-order valence-corrected chi connectivity index (χ3v) is 3.18. The predicted molar refractivity (Wildman–Crippen MR) is 66.9 cm³/mol. The Balaban J connectivity index is 2.23. The molecule has 0 bridgehead atoms. The van der Waals surface area contributed by atoms with Crippen molar-refractivity contribution in [1.29, 1.82) is 0 Å². The lowest BCUT2D eigenvalue weighted by Gasteiger charge is -2.23. The van der Waals surface area contributed by atoms with Gasteiger partial charge in [-0.25, -0.2) is 4.79 Å². The monoisotopic (exact) mass is 248 g/mol. The molecule has 0 aliphatic carbocycles. The lowest BCUT2D eigenvalue weighted by molar-refractivity contribution is -0.145. The van der Waals surface area contributed by atoms with E-state index in [9.17, 15) is 9.59 Å². The van der Waals surface area contributed by atoms with Gasteiger partial charge in [0.1, 0.15) is 6.04 Å². The van der Waals surface area contributed by atoms with E-state index in [1.807, 2.05) is 0 Å². The van der Waals surface area contributed by atoms with E-state index >= 15 is 0 Å². The van der Waals surface area contributed by atoms with Gasteiger partial charge < -0.3 is 15.4 Å². The van der Waals surface area contributed by atoms with Gasteiger partial charge in [-0.1, -0.05) is 12.1 Å². The van der Waals surface area contributed by atoms with Gasteiger partial charge >= 0.3 is 5.97 Å². The summed E-state index contributed by atoms with van der Waals surface area (Å²) >= 11 is 0. The number of nitrogens with two attached hydrogens (primary N) is 1. The first-order chi connectivity index (χ1) is 8.65. The smallest absolute Gasteiger partial charge is 0.328 e. The zero-order valence-electron chi connectivity index (χ0n) is 10.3. The molecule has 1 aromatic rings. The molecule has 2 N–H and O–H groups in total. The number of para-hydroxylation sites is 1. The van der Waals surface area contributed by atoms with Gasteiger partial charge in [0.25, 0.3) is 5.91 Å². The average molecular weight is 248 g/mol. The van der Waals surface area contributed by atoms with Crippen molar-refractivity contribution >= 4 is 17.6 Å². The van der Waals surface area contributed by atoms with Crippen LogP contribution >= 0.6 is 0 Å². The van der Waals surface area contributed by atoms with E-state index < -0.39 is 6.04 Å². The van der Waals surface area contributed by atoms with Gasteiger partial charge in [0, 0.05) is 12.2 Å². The maximum Gasteiger partial charge on any atom is 0.328 e. The van der Waals surface area contributed by atoms with Crippen molar-refractivity contribution in [1.82, 2.24) is 4.90 Å². The van der Waals surface area contributed by atoms with Crippen molar-refractivity contribution in [3.8, 4) is 0 Å². The summed E-state index contributed by atoms with van der Waals surface area (Å²) in [5, 5.41) is 0. The van der Waals surface area contributed by atoms with Crippen LogP contribution in [0.4, 0.5) is 5.69 Å². The van der Waals surface area contributed by atoms with E-state index in [1.54, 1.807) is 24.3 Å². The van der Waals surface area contributed by atoms with E-state index in [0.717, 1.165) is 6.42 Å². The quantitative estimate of drug-likeness (QED) is 0.627. The Hall–Kier alpha value is -2.04. The molecule has 0 saturated carbocycles. The summed E-state index contributed by atoms with van der Waals surface area (Å²) in [5.74, 6) is -0.573. The van der Waals surface area contributed by atoms with Gasteiger partial charge in [0.05, 0.1) is 12.7 Å². The van der Waals surface area contributed by atoms with Crippen LogP contribution in [0.15, 0.2) is 24.3 Å². The highest BCUT2D eigenvalue weighted by atomic mass is 16.5. The van der Waals surface area contributed by atoms with Crippen molar-refractivity contribution in [3.05, 3.63) is 29.8 Å². The minimum atomic E-state index is -0.484. The lowest BCUT2D eigenvalue weighted by atomic mass is 10.1. The second kappa shape index (κ2) is 5.08. The third-order valence-electron chi connectivity index (χ3n) is 3.18. The van der Waals surface area contributed by atoms with Crippen LogP contribution in [-0.2, 0) is 9.53 Å². The van der Waals surface area contributed by atoms with Crippen molar-refractivity contribution in [2.45, 2.75) is 18.9 Å². The Kier molecular flexibility index (Phi) is 3.50. The number of amides is 1. The van der Waals surface area contributed by atoms with E-state index in [1.165, 1.54) is 12.0 Å². The van der Waals surface area contributed by atoms with E-state index in [0.29, 0.717) is 24.2 Å². The van der Waals surface area contributed by atoms with Gasteiger partial charge in [-0.2, -0.15) is 0 Å². The Labute approximate surface area is 106 Å². The fraction of sp³-hybridized carbons (Fsp3) is 0.385. The van der Waals surface area contributed by atoms with Crippen LogP contribution < -0.4 is 5.73 Å². The number of esters is 1. The van der Waals surface area contributed by atoms with Gasteiger partial charge in [0.2, 0.25) is 0 Å². The normalized spacial score (nSPS) is 18.7. The fourth-order valence-electron chi connectivity index (χ4n) is 2.24. The molecule has 1 aliphatic heterocycles. The van der Waals surface area contributed by atoms with Crippen LogP contribution in [0.5, 0.6) is 0 Å². The number of carbonyl (C=O) groups excluding carboxylic acids is 2. The molecule has 18 heavy (non-hydrogen) atoms. The summed E-state index contributed by atoms with van der Waals surface area (Å²) in [6, 6.07) is 6.39. The molecule has 0 spiro atoms. The molecular formula is C13H16N2O3. The second-order valence-corrected chi connectivity index (χ2v) is 4.27. The number of nitrogens with zero attached hydrogens (tertiary/aromatic N) is 1. The van der Waals surface area contributed by atoms with Crippen LogP contribution in [0.2, 0.25) is 0 Å². The van der Waals surface area contributed by atoms with Crippen LogP contribution in [0.3, 0.4) is 0 Å². The molecule has 1 heterocycles. The molecule has 1 fully saturated rings. The number of carbonyl (C=O) groups is 2. The molecule has 1 atom stereocenters. The number of nitrogen functional groups attached to an aromatic ring is 1. The summed E-state index contributed by atoms with van der Waals surface area (Å²) in [5.41, 5.74) is 6.65. The Morgan fingerprint density at radius 1 is 1.39 bits per heavy atom. The summed E-state index contributed by atoms with van der Waals surface area (Å²) in [4.78, 5) is 25.5. The molecule has 2 rings (SSSR count). The summed E-state index contributed by atoms with van der Waals surface area (Å²) in [6.45, 7) is 0.562. The standard InChI is InChI=1S/C13H16N2O3/c1-18-13(17)11-7-4-8-15(11)12(16)9-5-2-3-6-10(9)14/h2-3,5-6,11H,4,7-8,14H2,1H3/t11-/m0/s1. The molecule has 96 valence electrons. The van der Waals surface area contributed by atoms with Crippen molar-refractivity contribution in [2.75, 3.05) is 19.4 Å². The van der Waals surface area contributed by atoms with Crippen molar-refractivity contribution in [2.24, 2.45) is 0 Å². The third kappa shape index (κ3) is 2.16. The number of ether oxygens (including phenoxy) is 1. The number of likely N-dealkylation sites (tertiary alicyclic amines) is 1. The fourth-order valence-corrected chi connectivity index (χ4v) is 2.24. The molecule has 1 aliphatic rings. The van der Waals surface area contributed by atoms with Crippen LogP contribution in [0.25, 0.3) is 0 Å². The SMILES string of the molecule is COC(=O)[C@@H]1CCCN1C(=O)c1ccccc1N. The molecule has 5 nitrogen and oxygen atoms in total. The average Bonchev–Trinajstić information content (AvgIpc) is 2.86. The first-order valence-corrected chi connectivity index (χ1v) is 5.88. The van der Waals surface area contributed by atoms with Crippen molar-refractivity contribution < 1.29 is 14.3 Å². The van der Waals surface area contributed by atoms with E-state index in [2.05, 4.69) is 0 Å². The number of benzene rings is 1. The Morgan fingerprint density at radius 3 is 2.78 bits per heavy atom. The number of hydrogen-bond donors (Lipinski definition) is 1. The highest BCUT2D eigenvalue weighted by Crippen LogP contribution is 2.23. The summed E-state index contributed by atoms with van der Waals surface area (Å²) in [6.07, 6.45) is 1.45. The summed E-state index contributed by atoms with van der Waals surface area (Å²) in [7, 11) is 1.33. The number of hydrogen-bond acceptors (Lipinski definition) is 4. The second-order valence-electron chi connectivity index (χ2n) is 4.27. The number of rotatable bonds is 2. The molecule has 5 heteroatoms. The van der Waals surface area contributed by atoms with Gasteiger partial charge in [0.15, 0.2) is 0 Å². The topological polar surface area (TPSA) is 72.6 Å². The van der Waals surface area contributed by atoms with E-state index in [4.69, 9.17) is 10.5 Å². The van der Waals surface area contributed by atoms with Gasteiger partial charge in [-0.15, -0.1) is 0 Å². The van der Waals surface area contributed by atoms with Gasteiger partial charge in [-0.05, 0) is 25.0 Å². The Morgan fingerprint density at radius 2 is 2.11 bits per heavy atom. The maximum absolute atomic E-state index is 12.3. The highest BCUT2D eigenvalue weighted by Gasteiger charge is 2.35.